The molecule has 9 heteroatoms. The van der Waals surface area contributed by atoms with Crippen molar-refractivity contribution in [3.8, 4) is 0 Å². The highest BCUT2D eigenvalue weighted by Crippen LogP contribution is 2.07. The number of nitrogens with one attached hydrogen (secondary N) is 2. The Hall–Kier alpha value is -2.32. The lowest BCUT2D eigenvalue weighted by atomic mass is 10.1. The van der Waals surface area contributed by atoms with Crippen molar-refractivity contribution in [1.29, 1.82) is 0 Å². The van der Waals surface area contributed by atoms with Gasteiger partial charge in [0.1, 0.15) is 6.04 Å². The Labute approximate surface area is 134 Å². The molecule has 0 aromatic rings. The number of carboxylic acid groups (broad SMARTS) is 2. The molecule has 0 rings (SSSR count). The molecule has 3 amide bonds. The molecule has 0 heterocycles. The van der Waals surface area contributed by atoms with Crippen molar-refractivity contribution in [2.24, 2.45) is 5.73 Å². The minimum absolute atomic E-state index is 0.0548. The summed E-state index contributed by atoms with van der Waals surface area (Å²) in [6.45, 7) is 0.0656. The summed E-state index contributed by atoms with van der Waals surface area (Å²) >= 11 is 0. The number of unbranched alkanes of at least 4 members (excludes halogenated alkanes) is 4. The topological polar surface area (TPSA) is 159 Å². The number of primary amides is 1. The Bertz CT molecular complexity index is 413. The van der Waals surface area contributed by atoms with Gasteiger partial charge in [-0.2, -0.15) is 0 Å². The van der Waals surface area contributed by atoms with E-state index >= 15 is 0 Å². The SMILES string of the molecule is NC(=O)NCC[C@H](NC(=O)CCCCCCCC(=O)O)C(=O)O. The van der Waals surface area contributed by atoms with Crippen LogP contribution in [-0.4, -0.2) is 46.7 Å². The average molecular weight is 331 g/mol. The number of rotatable bonds is 13. The quantitative estimate of drug-likeness (QED) is 0.308. The Morgan fingerprint density at radius 2 is 1.48 bits per heavy atom. The molecule has 0 aliphatic rings. The van der Waals surface area contributed by atoms with E-state index in [1.54, 1.807) is 0 Å². The van der Waals surface area contributed by atoms with Crippen LogP contribution in [-0.2, 0) is 14.4 Å². The van der Waals surface area contributed by atoms with Crippen LogP contribution in [0.2, 0.25) is 0 Å². The summed E-state index contributed by atoms with van der Waals surface area (Å²) < 4.78 is 0. The van der Waals surface area contributed by atoms with Gasteiger partial charge in [0.15, 0.2) is 0 Å². The molecule has 23 heavy (non-hydrogen) atoms. The van der Waals surface area contributed by atoms with E-state index in [1.807, 2.05) is 0 Å². The molecule has 0 aromatic heterocycles. The predicted octanol–water partition coefficient (Wildman–Crippen LogP) is 0.429. The first-order valence-electron chi connectivity index (χ1n) is 7.60. The first-order valence-corrected chi connectivity index (χ1v) is 7.60. The summed E-state index contributed by atoms with van der Waals surface area (Å²) in [5.41, 5.74) is 4.87. The number of aliphatic carboxylic acids is 2. The maximum absolute atomic E-state index is 11.7. The molecule has 6 N–H and O–H groups in total. The molecular weight excluding hydrogens is 306 g/mol. The molecule has 0 unspecified atom stereocenters. The predicted molar refractivity (Wildman–Crippen MR) is 81.7 cm³/mol. The average Bonchev–Trinajstić information content (AvgIpc) is 2.44. The lowest BCUT2D eigenvalue weighted by Gasteiger charge is -2.14. The van der Waals surface area contributed by atoms with Gasteiger partial charge in [0.05, 0.1) is 0 Å². The lowest BCUT2D eigenvalue weighted by molar-refractivity contribution is -0.142. The van der Waals surface area contributed by atoms with Gasteiger partial charge in [0.25, 0.3) is 0 Å². The first kappa shape index (κ1) is 20.7. The number of nitrogens with two attached hydrogens (primary N) is 1. The Morgan fingerprint density at radius 3 is 2.00 bits per heavy atom. The normalized spacial score (nSPS) is 11.5. The van der Waals surface area contributed by atoms with Crippen LogP contribution in [0.1, 0.15) is 51.4 Å². The maximum Gasteiger partial charge on any atom is 0.326 e. The van der Waals surface area contributed by atoms with Gasteiger partial charge in [-0.05, 0) is 19.3 Å². The Kier molecular flexibility index (Phi) is 11.0. The van der Waals surface area contributed by atoms with Crippen LogP contribution in [0.4, 0.5) is 4.79 Å². The highest BCUT2D eigenvalue weighted by atomic mass is 16.4. The summed E-state index contributed by atoms with van der Waals surface area (Å²) in [6, 6.07) is -1.81. The van der Waals surface area contributed by atoms with Gasteiger partial charge in [-0.25, -0.2) is 9.59 Å². The second kappa shape index (κ2) is 12.2. The molecule has 132 valence electrons. The highest BCUT2D eigenvalue weighted by Gasteiger charge is 2.19. The van der Waals surface area contributed by atoms with Crippen LogP contribution in [0.5, 0.6) is 0 Å². The summed E-state index contributed by atoms with van der Waals surface area (Å²) in [5.74, 6) is -2.34. The third-order valence-corrected chi connectivity index (χ3v) is 3.16. The molecule has 0 aromatic carbocycles. The summed E-state index contributed by atoms with van der Waals surface area (Å²) in [6.07, 6.45) is 4.08. The minimum Gasteiger partial charge on any atom is -0.481 e. The van der Waals surface area contributed by atoms with E-state index in [9.17, 15) is 19.2 Å². The summed E-state index contributed by atoms with van der Waals surface area (Å²) in [7, 11) is 0. The highest BCUT2D eigenvalue weighted by molar-refractivity contribution is 5.83. The molecule has 9 nitrogen and oxygen atoms in total. The van der Waals surface area contributed by atoms with E-state index in [-0.39, 0.29) is 31.7 Å². The number of urea groups is 1. The second-order valence-electron chi connectivity index (χ2n) is 5.20. The zero-order chi connectivity index (χ0) is 17.7. The van der Waals surface area contributed by atoms with Crippen molar-refractivity contribution in [1.82, 2.24) is 10.6 Å². The molecule has 0 saturated carbocycles. The zero-order valence-corrected chi connectivity index (χ0v) is 13.0. The standard InChI is InChI=1S/C14H25N3O6/c15-14(23)16-9-8-10(13(21)22)17-11(18)6-4-2-1-3-5-7-12(19)20/h10H,1-9H2,(H,17,18)(H,19,20)(H,21,22)(H3,15,16,23)/t10-/m0/s1. The van der Waals surface area contributed by atoms with E-state index in [2.05, 4.69) is 10.6 Å². The van der Waals surface area contributed by atoms with Crippen molar-refractivity contribution in [2.75, 3.05) is 6.54 Å². The van der Waals surface area contributed by atoms with Crippen LogP contribution in [0.15, 0.2) is 0 Å². The van der Waals surface area contributed by atoms with Gasteiger partial charge < -0.3 is 26.6 Å². The number of carboxylic acids is 2. The Balaban J connectivity index is 3.80. The molecule has 0 radical (unpaired) electrons. The maximum atomic E-state index is 11.7. The van der Waals surface area contributed by atoms with Crippen LogP contribution < -0.4 is 16.4 Å². The van der Waals surface area contributed by atoms with Gasteiger partial charge >= 0.3 is 18.0 Å². The molecule has 0 bridgehead atoms. The molecule has 1 atom stereocenters. The van der Waals surface area contributed by atoms with Crippen LogP contribution in [0.3, 0.4) is 0 Å². The molecule has 0 aliphatic heterocycles. The van der Waals surface area contributed by atoms with Crippen LogP contribution in [0, 0.1) is 0 Å². The van der Waals surface area contributed by atoms with Crippen molar-refractivity contribution < 1.29 is 29.4 Å². The van der Waals surface area contributed by atoms with E-state index < -0.39 is 24.0 Å². The van der Waals surface area contributed by atoms with Gasteiger partial charge in [0.2, 0.25) is 5.91 Å². The largest absolute Gasteiger partial charge is 0.481 e. The van der Waals surface area contributed by atoms with Crippen LogP contribution in [0.25, 0.3) is 0 Å². The zero-order valence-electron chi connectivity index (χ0n) is 13.0. The lowest BCUT2D eigenvalue weighted by Crippen LogP contribution is -2.43. The van der Waals surface area contributed by atoms with Gasteiger partial charge in [-0.15, -0.1) is 0 Å². The first-order chi connectivity index (χ1) is 10.8. The van der Waals surface area contributed by atoms with E-state index in [4.69, 9.17) is 15.9 Å². The summed E-state index contributed by atoms with van der Waals surface area (Å²) in [4.78, 5) is 43.5. The molecule has 0 saturated heterocycles. The van der Waals surface area contributed by atoms with Crippen LogP contribution >= 0.6 is 0 Å². The third kappa shape index (κ3) is 13.1. The number of hydrogen-bond acceptors (Lipinski definition) is 4. The van der Waals surface area contributed by atoms with E-state index in [0.717, 1.165) is 19.3 Å². The van der Waals surface area contributed by atoms with Gasteiger partial charge in [0, 0.05) is 19.4 Å². The van der Waals surface area contributed by atoms with Gasteiger partial charge in [-0.1, -0.05) is 19.3 Å². The van der Waals surface area contributed by atoms with Crippen molar-refractivity contribution in [3.05, 3.63) is 0 Å². The minimum atomic E-state index is -1.17. The molecular formula is C14H25N3O6. The fraction of sp³-hybridized carbons (Fsp3) is 0.714. The molecule has 0 aliphatic carbocycles. The summed E-state index contributed by atoms with van der Waals surface area (Å²) in [5, 5.41) is 22.1. The fourth-order valence-electron chi connectivity index (χ4n) is 1.96. The number of carbonyl (C=O) groups excluding carboxylic acids is 2. The number of carbonyl (C=O) groups is 4. The van der Waals surface area contributed by atoms with E-state index in [1.165, 1.54) is 0 Å². The van der Waals surface area contributed by atoms with Crippen molar-refractivity contribution >= 4 is 23.9 Å². The second-order valence-corrected chi connectivity index (χ2v) is 5.20. The van der Waals surface area contributed by atoms with Crippen molar-refractivity contribution in [2.45, 2.75) is 57.4 Å². The Morgan fingerprint density at radius 1 is 0.913 bits per heavy atom. The monoisotopic (exact) mass is 331 g/mol. The fourth-order valence-corrected chi connectivity index (χ4v) is 1.96. The smallest absolute Gasteiger partial charge is 0.326 e. The number of amides is 3. The number of hydrogen-bond donors (Lipinski definition) is 5. The van der Waals surface area contributed by atoms with E-state index in [0.29, 0.717) is 12.8 Å². The molecule has 0 spiro atoms. The molecule has 0 fully saturated rings. The third-order valence-electron chi connectivity index (χ3n) is 3.16. The van der Waals surface area contributed by atoms with Gasteiger partial charge in [-0.3, -0.25) is 9.59 Å². The van der Waals surface area contributed by atoms with Crippen molar-refractivity contribution in [3.63, 3.8) is 0 Å².